The highest BCUT2D eigenvalue weighted by Crippen LogP contribution is 2.41. The van der Waals surface area contributed by atoms with Crippen LogP contribution in [0.5, 0.6) is 0 Å². The van der Waals surface area contributed by atoms with Gasteiger partial charge in [-0.25, -0.2) is 0 Å². The lowest BCUT2D eigenvalue weighted by Gasteiger charge is -2.27. The zero-order valence-corrected chi connectivity index (χ0v) is 17.7. The van der Waals surface area contributed by atoms with Crippen LogP contribution in [-0.2, 0) is 11.3 Å². The molecule has 0 radical (unpaired) electrons. The zero-order chi connectivity index (χ0) is 20.5. The van der Waals surface area contributed by atoms with E-state index in [0.717, 1.165) is 16.1 Å². The van der Waals surface area contributed by atoms with E-state index in [9.17, 15) is 14.7 Å². The predicted octanol–water partition coefficient (Wildman–Crippen LogP) is 4.65. The number of hydrogen-bond acceptors (Lipinski definition) is 6. The summed E-state index contributed by atoms with van der Waals surface area (Å²) in [6.07, 6.45) is 0. The first-order chi connectivity index (χ1) is 14.0. The van der Waals surface area contributed by atoms with Gasteiger partial charge < -0.3 is 14.9 Å². The van der Waals surface area contributed by atoms with Gasteiger partial charge in [0.2, 0.25) is 5.78 Å². The minimum atomic E-state index is -0.629. The molecule has 3 heterocycles. The largest absolute Gasteiger partial charge is 0.503 e. The number of benzene rings is 1. The highest BCUT2D eigenvalue weighted by molar-refractivity contribution is 7.12. The molecular weight excluding hydrogens is 404 g/mol. The van der Waals surface area contributed by atoms with Gasteiger partial charge in [0.1, 0.15) is 0 Å². The number of hydrogen-bond donors (Lipinski definition) is 1. The average molecular weight is 425 g/mol. The summed E-state index contributed by atoms with van der Waals surface area (Å²) in [5, 5.41) is 14.4. The van der Waals surface area contributed by atoms with Crippen molar-refractivity contribution in [3.8, 4) is 0 Å². The van der Waals surface area contributed by atoms with Crippen LogP contribution in [0.3, 0.4) is 0 Å². The molecule has 0 aliphatic carbocycles. The Morgan fingerprint density at radius 3 is 2.34 bits per heavy atom. The molecule has 29 heavy (non-hydrogen) atoms. The minimum absolute atomic E-state index is 0.145. The third-order valence-corrected chi connectivity index (χ3v) is 6.65. The molecule has 1 N–H and O–H groups in total. The summed E-state index contributed by atoms with van der Waals surface area (Å²) in [6.45, 7) is 0.335. The highest BCUT2D eigenvalue weighted by Gasteiger charge is 2.44. The van der Waals surface area contributed by atoms with Crippen molar-refractivity contribution >= 4 is 40.1 Å². The van der Waals surface area contributed by atoms with Gasteiger partial charge >= 0.3 is 0 Å². The van der Waals surface area contributed by atoms with Gasteiger partial charge in [0.05, 0.1) is 23.0 Å². The molecule has 4 rings (SSSR count). The SMILES string of the molecule is CN(C)c1ccc(C2C(C(=O)c3cccs3)=C(O)C(=O)N2Cc2cccs2)cc1. The fourth-order valence-corrected chi connectivity index (χ4v) is 4.84. The molecule has 7 heteroatoms. The number of carbonyl (C=O) groups is 2. The highest BCUT2D eigenvalue weighted by atomic mass is 32.1. The molecule has 0 saturated heterocycles. The Bertz CT molecular complexity index is 1050. The summed E-state index contributed by atoms with van der Waals surface area (Å²) in [5.41, 5.74) is 1.96. The number of rotatable bonds is 6. The van der Waals surface area contributed by atoms with E-state index in [-0.39, 0.29) is 11.4 Å². The number of carbonyl (C=O) groups excluding carboxylic acids is 2. The van der Waals surface area contributed by atoms with E-state index in [4.69, 9.17) is 0 Å². The normalized spacial score (nSPS) is 16.6. The molecule has 1 aromatic carbocycles. The number of thiophene rings is 2. The molecule has 1 atom stereocenters. The summed E-state index contributed by atoms with van der Waals surface area (Å²) in [4.78, 5) is 31.2. The van der Waals surface area contributed by atoms with E-state index in [1.165, 1.54) is 11.3 Å². The summed E-state index contributed by atoms with van der Waals surface area (Å²) >= 11 is 2.84. The lowest BCUT2D eigenvalue weighted by atomic mass is 9.95. The fourth-order valence-electron chi connectivity index (χ4n) is 3.46. The van der Waals surface area contributed by atoms with Crippen LogP contribution in [-0.4, -0.2) is 35.8 Å². The molecule has 1 aliphatic rings. The summed E-state index contributed by atoms with van der Waals surface area (Å²) in [6, 6.07) is 14.5. The quantitative estimate of drug-likeness (QED) is 0.585. The molecule has 148 valence electrons. The Morgan fingerprint density at radius 2 is 1.76 bits per heavy atom. The van der Waals surface area contributed by atoms with Crippen molar-refractivity contribution in [3.05, 3.63) is 85.9 Å². The molecule has 1 amide bonds. The van der Waals surface area contributed by atoms with E-state index in [1.807, 2.05) is 66.2 Å². The van der Waals surface area contributed by atoms with Crippen LogP contribution in [0.15, 0.2) is 70.6 Å². The Balaban J connectivity index is 1.78. The number of aliphatic hydroxyl groups is 1. The van der Waals surface area contributed by atoms with E-state index in [2.05, 4.69) is 0 Å². The standard InChI is InChI=1S/C22H20N2O3S2/c1-23(2)15-9-7-14(8-10-15)19-18(20(25)17-6-4-12-29-17)21(26)22(27)24(19)13-16-5-3-11-28-16/h3-12,19,26H,13H2,1-2H3. The number of Topliss-reactive ketones (excluding diaryl/α,β-unsaturated/α-hetero) is 1. The molecule has 0 spiro atoms. The second-order valence-corrected chi connectivity index (χ2v) is 8.95. The molecule has 2 aromatic heterocycles. The number of nitrogens with zero attached hydrogens (tertiary/aromatic N) is 2. The van der Waals surface area contributed by atoms with Gasteiger partial charge in [0.25, 0.3) is 5.91 Å². The first-order valence-electron chi connectivity index (χ1n) is 9.09. The van der Waals surface area contributed by atoms with Gasteiger partial charge in [-0.15, -0.1) is 22.7 Å². The summed E-state index contributed by atoms with van der Waals surface area (Å²) < 4.78 is 0. The molecular formula is C22H20N2O3S2. The van der Waals surface area contributed by atoms with Crippen molar-refractivity contribution in [2.75, 3.05) is 19.0 Å². The van der Waals surface area contributed by atoms with Gasteiger partial charge in [-0.3, -0.25) is 9.59 Å². The van der Waals surface area contributed by atoms with E-state index >= 15 is 0 Å². The Kier molecular flexibility index (Phi) is 5.25. The smallest absolute Gasteiger partial charge is 0.290 e. The van der Waals surface area contributed by atoms with E-state index < -0.39 is 17.7 Å². The topological polar surface area (TPSA) is 60.9 Å². The monoisotopic (exact) mass is 424 g/mol. The molecule has 0 bridgehead atoms. The summed E-state index contributed by atoms with van der Waals surface area (Å²) in [7, 11) is 3.91. The maximum atomic E-state index is 13.2. The first-order valence-corrected chi connectivity index (χ1v) is 10.8. The van der Waals surface area contributed by atoms with Gasteiger partial charge in [0, 0.05) is 24.7 Å². The molecule has 0 fully saturated rings. The molecule has 0 saturated carbocycles. The molecule has 1 aliphatic heterocycles. The van der Waals surface area contributed by atoms with E-state index in [0.29, 0.717) is 11.4 Å². The second-order valence-electron chi connectivity index (χ2n) is 6.97. The third-order valence-electron chi connectivity index (χ3n) is 4.92. The van der Waals surface area contributed by atoms with Crippen LogP contribution in [0.25, 0.3) is 0 Å². The lowest BCUT2D eigenvalue weighted by Crippen LogP contribution is -2.30. The molecule has 1 unspecified atom stereocenters. The van der Waals surface area contributed by atoms with Gasteiger partial charge in [-0.1, -0.05) is 24.3 Å². The van der Waals surface area contributed by atoms with Crippen LogP contribution >= 0.6 is 22.7 Å². The number of anilines is 1. The number of amides is 1. The van der Waals surface area contributed by atoms with Gasteiger partial charge in [-0.2, -0.15) is 0 Å². The maximum Gasteiger partial charge on any atom is 0.290 e. The first kappa shape index (κ1) is 19.4. The van der Waals surface area contributed by atoms with Crippen LogP contribution in [0.1, 0.15) is 26.2 Å². The Labute approximate surface area is 177 Å². The van der Waals surface area contributed by atoms with Crippen molar-refractivity contribution in [1.82, 2.24) is 4.90 Å². The van der Waals surface area contributed by atoms with Crippen molar-refractivity contribution in [3.63, 3.8) is 0 Å². The van der Waals surface area contributed by atoms with Crippen molar-refractivity contribution in [1.29, 1.82) is 0 Å². The Hall–Kier alpha value is -2.90. The molecule has 3 aromatic rings. The zero-order valence-electron chi connectivity index (χ0n) is 16.0. The van der Waals surface area contributed by atoms with Gasteiger partial charge in [-0.05, 0) is 40.6 Å². The Morgan fingerprint density at radius 1 is 1.07 bits per heavy atom. The maximum absolute atomic E-state index is 13.2. The fraction of sp³-hybridized carbons (Fsp3) is 0.182. The third kappa shape index (κ3) is 3.59. The average Bonchev–Trinajstić information content (AvgIpc) is 3.46. The van der Waals surface area contributed by atoms with Crippen molar-refractivity contribution in [2.45, 2.75) is 12.6 Å². The van der Waals surface area contributed by atoms with Crippen molar-refractivity contribution < 1.29 is 14.7 Å². The van der Waals surface area contributed by atoms with Gasteiger partial charge in [0.15, 0.2) is 5.76 Å². The van der Waals surface area contributed by atoms with E-state index in [1.54, 1.807) is 28.4 Å². The van der Waals surface area contributed by atoms with Crippen LogP contribution in [0, 0.1) is 0 Å². The van der Waals surface area contributed by atoms with Crippen molar-refractivity contribution in [2.24, 2.45) is 0 Å². The number of ketones is 1. The minimum Gasteiger partial charge on any atom is -0.503 e. The van der Waals surface area contributed by atoms with Crippen LogP contribution < -0.4 is 4.90 Å². The van der Waals surface area contributed by atoms with Crippen LogP contribution in [0.4, 0.5) is 5.69 Å². The van der Waals surface area contributed by atoms with Crippen LogP contribution in [0.2, 0.25) is 0 Å². The summed E-state index contributed by atoms with van der Waals surface area (Å²) in [5.74, 6) is -1.28. The second kappa shape index (κ2) is 7.85. The number of aliphatic hydroxyl groups excluding tert-OH is 1. The lowest BCUT2D eigenvalue weighted by molar-refractivity contribution is -0.130. The predicted molar refractivity (Wildman–Crippen MR) is 117 cm³/mol. The molecule has 5 nitrogen and oxygen atoms in total.